The predicted octanol–water partition coefficient (Wildman–Crippen LogP) is 2.72. The number of amides is 1. The number of unbranched alkanes of at least 4 members (excludes halogenated alkanes) is 1. The van der Waals surface area contributed by atoms with Crippen molar-refractivity contribution in [1.82, 2.24) is 5.32 Å². The van der Waals surface area contributed by atoms with E-state index in [1.54, 1.807) is 6.92 Å². The monoisotopic (exact) mass is 255 g/mol. The van der Waals surface area contributed by atoms with Crippen LogP contribution in [0.1, 0.15) is 65.2 Å². The van der Waals surface area contributed by atoms with E-state index in [0.29, 0.717) is 6.42 Å². The largest absolute Gasteiger partial charge is 0.480 e. The molecule has 1 unspecified atom stereocenters. The summed E-state index contributed by atoms with van der Waals surface area (Å²) in [5.41, 5.74) is -1.11. The van der Waals surface area contributed by atoms with E-state index in [4.69, 9.17) is 0 Å². The molecule has 1 fully saturated rings. The predicted molar refractivity (Wildman–Crippen MR) is 70.3 cm³/mol. The van der Waals surface area contributed by atoms with Crippen LogP contribution in [0.2, 0.25) is 0 Å². The van der Waals surface area contributed by atoms with Crippen molar-refractivity contribution in [3.05, 3.63) is 0 Å². The highest BCUT2D eigenvalue weighted by Gasteiger charge is 2.36. The average Bonchev–Trinajstić information content (AvgIpc) is 2.37. The SMILES string of the molecule is CCCCC(C)(NC(=O)C1CCCCC1)C(=O)O. The molecule has 4 nitrogen and oxygen atoms in total. The highest BCUT2D eigenvalue weighted by atomic mass is 16.4. The molecule has 0 heterocycles. The van der Waals surface area contributed by atoms with Crippen molar-refractivity contribution in [1.29, 1.82) is 0 Å². The summed E-state index contributed by atoms with van der Waals surface area (Å²) in [6, 6.07) is 0. The van der Waals surface area contributed by atoms with Gasteiger partial charge in [-0.1, -0.05) is 39.0 Å². The van der Waals surface area contributed by atoms with Gasteiger partial charge in [0.15, 0.2) is 0 Å². The molecule has 0 saturated heterocycles. The summed E-state index contributed by atoms with van der Waals surface area (Å²) in [5, 5.41) is 12.1. The lowest BCUT2D eigenvalue weighted by Gasteiger charge is -2.29. The van der Waals surface area contributed by atoms with Gasteiger partial charge in [0.2, 0.25) is 5.91 Å². The number of aliphatic carboxylic acids is 1. The van der Waals surface area contributed by atoms with Crippen LogP contribution >= 0.6 is 0 Å². The maximum atomic E-state index is 12.1. The molecular formula is C14H25NO3. The van der Waals surface area contributed by atoms with Crippen LogP contribution in [0.5, 0.6) is 0 Å². The van der Waals surface area contributed by atoms with E-state index >= 15 is 0 Å². The Morgan fingerprint density at radius 3 is 2.39 bits per heavy atom. The van der Waals surface area contributed by atoms with Crippen molar-refractivity contribution in [3.63, 3.8) is 0 Å². The van der Waals surface area contributed by atoms with Gasteiger partial charge in [-0.15, -0.1) is 0 Å². The molecule has 1 aliphatic carbocycles. The first-order chi connectivity index (χ1) is 8.49. The Morgan fingerprint density at radius 1 is 1.28 bits per heavy atom. The van der Waals surface area contributed by atoms with Gasteiger partial charge >= 0.3 is 5.97 Å². The molecule has 1 aliphatic rings. The van der Waals surface area contributed by atoms with Crippen molar-refractivity contribution >= 4 is 11.9 Å². The van der Waals surface area contributed by atoms with E-state index < -0.39 is 11.5 Å². The van der Waals surface area contributed by atoms with E-state index in [0.717, 1.165) is 38.5 Å². The summed E-state index contributed by atoms with van der Waals surface area (Å²) in [7, 11) is 0. The Balaban J connectivity index is 2.59. The molecule has 0 bridgehead atoms. The molecule has 1 amide bonds. The molecule has 0 radical (unpaired) electrons. The van der Waals surface area contributed by atoms with Crippen LogP contribution in [0.3, 0.4) is 0 Å². The lowest BCUT2D eigenvalue weighted by Crippen LogP contribution is -2.54. The number of carbonyl (C=O) groups excluding carboxylic acids is 1. The molecule has 0 aromatic heterocycles. The van der Waals surface area contributed by atoms with Gasteiger partial charge < -0.3 is 10.4 Å². The van der Waals surface area contributed by atoms with Crippen LogP contribution in [-0.2, 0) is 9.59 Å². The molecule has 0 spiro atoms. The molecule has 0 aromatic rings. The van der Waals surface area contributed by atoms with Crippen LogP contribution in [0, 0.1) is 5.92 Å². The highest BCUT2D eigenvalue weighted by Crippen LogP contribution is 2.25. The molecule has 2 N–H and O–H groups in total. The number of carboxylic acids is 1. The summed E-state index contributed by atoms with van der Waals surface area (Å²) in [6.45, 7) is 3.64. The quantitative estimate of drug-likeness (QED) is 0.767. The smallest absolute Gasteiger partial charge is 0.329 e. The van der Waals surface area contributed by atoms with Gasteiger partial charge in [-0.25, -0.2) is 4.79 Å². The third kappa shape index (κ3) is 4.00. The Morgan fingerprint density at radius 2 is 1.89 bits per heavy atom. The Labute approximate surface area is 109 Å². The molecule has 1 atom stereocenters. The summed E-state index contributed by atoms with van der Waals surface area (Å²) in [4.78, 5) is 23.4. The second-order valence-electron chi connectivity index (χ2n) is 5.56. The molecule has 104 valence electrons. The fraction of sp³-hybridized carbons (Fsp3) is 0.857. The number of carboxylic acid groups (broad SMARTS) is 1. The normalized spacial score (nSPS) is 20.1. The molecule has 4 heteroatoms. The number of rotatable bonds is 6. The number of hydrogen-bond acceptors (Lipinski definition) is 2. The minimum absolute atomic E-state index is 0.0130. The van der Waals surface area contributed by atoms with Crippen molar-refractivity contribution in [3.8, 4) is 0 Å². The Bertz CT molecular complexity index is 297. The molecular weight excluding hydrogens is 230 g/mol. The molecule has 1 rings (SSSR count). The first kappa shape index (κ1) is 15.0. The number of nitrogens with one attached hydrogen (secondary N) is 1. The summed E-state index contributed by atoms with van der Waals surface area (Å²) >= 11 is 0. The topological polar surface area (TPSA) is 66.4 Å². The van der Waals surface area contributed by atoms with E-state index in [2.05, 4.69) is 5.32 Å². The third-order valence-corrected chi connectivity index (χ3v) is 3.88. The summed E-state index contributed by atoms with van der Waals surface area (Å²) < 4.78 is 0. The fourth-order valence-corrected chi connectivity index (χ4v) is 2.49. The zero-order valence-corrected chi connectivity index (χ0v) is 11.5. The number of hydrogen-bond donors (Lipinski definition) is 2. The van der Waals surface area contributed by atoms with Gasteiger partial charge in [0.25, 0.3) is 0 Å². The van der Waals surface area contributed by atoms with Gasteiger partial charge in [-0.3, -0.25) is 4.79 Å². The van der Waals surface area contributed by atoms with Crippen molar-refractivity contribution in [2.45, 2.75) is 70.8 Å². The van der Waals surface area contributed by atoms with Crippen LogP contribution in [0.4, 0.5) is 0 Å². The molecule has 1 saturated carbocycles. The maximum absolute atomic E-state index is 12.1. The van der Waals surface area contributed by atoms with Gasteiger partial charge in [-0.05, 0) is 26.2 Å². The first-order valence-electron chi connectivity index (χ1n) is 7.05. The van der Waals surface area contributed by atoms with E-state index in [1.807, 2.05) is 6.92 Å². The lowest BCUT2D eigenvalue weighted by atomic mass is 9.87. The van der Waals surface area contributed by atoms with Gasteiger partial charge in [0.05, 0.1) is 0 Å². The Kier molecular flexibility index (Phi) is 5.63. The fourth-order valence-electron chi connectivity index (χ4n) is 2.49. The minimum Gasteiger partial charge on any atom is -0.480 e. The minimum atomic E-state index is -1.11. The lowest BCUT2D eigenvalue weighted by molar-refractivity contribution is -0.148. The van der Waals surface area contributed by atoms with Crippen LogP contribution in [0.25, 0.3) is 0 Å². The molecule has 18 heavy (non-hydrogen) atoms. The maximum Gasteiger partial charge on any atom is 0.329 e. The second kappa shape index (κ2) is 6.76. The Hall–Kier alpha value is -1.06. The van der Waals surface area contributed by atoms with E-state index in [-0.39, 0.29) is 11.8 Å². The second-order valence-corrected chi connectivity index (χ2v) is 5.56. The van der Waals surface area contributed by atoms with Crippen molar-refractivity contribution < 1.29 is 14.7 Å². The average molecular weight is 255 g/mol. The zero-order valence-electron chi connectivity index (χ0n) is 11.5. The highest BCUT2D eigenvalue weighted by molar-refractivity contribution is 5.87. The summed E-state index contributed by atoms with van der Waals surface area (Å²) in [6.07, 6.45) is 7.39. The van der Waals surface area contributed by atoms with Crippen molar-refractivity contribution in [2.24, 2.45) is 5.92 Å². The van der Waals surface area contributed by atoms with Gasteiger partial charge in [0.1, 0.15) is 5.54 Å². The van der Waals surface area contributed by atoms with Gasteiger partial charge in [-0.2, -0.15) is 0 Å². The number of carbonyl (C=O) groups is 2. The molecule has 0 aliphatic heterocycles. The zero-order chi connectivity index (χ0) is 13.6. The summed E-state index contributed by atoms with van der Waals surface area (Å²) in [5.74, 6) is -0.991. The van der Waals surface area contributed by atoms with Crippen LogP contribution < -0.4 is 5.32 Å². The molecule has 0 aromatic carbocycles. The van der Waals surface area contributed by atoms with Crippen molar-refractivity contribution in [2.75, 3.05) is 0 Å². The van der Waals surface area contributed by atoms with E-state index in [9.17, 15) is 14.7 Å². The van der Waals surface area contributed by atoms with E-state index in [1.165, 1.54) is 6.42 Å². The van der Waals surface area contributed by atoms with Crippen LogP contribution in [0.15, 0.2) is 0 Å². The standard InChI is InChI=1S/C14H25NO3/c1-3-4-10-14(2,13(17)18)15-12(16)11-8-6-5-7-9-11/h11H,3-10H2,1-2H3,(H,15,16)(H,17,18). The first-order valence-corrected chi connectivity index (χ1v) is 7.05. The third-order valence-electron chi connectivity index (χ3n) is 3.88. The van der Waals surface area contributed by atoms with Crippen LogP contribution in [-0.4, -0.2) is 22.5 Å². The van der Waals surface area contributed by atoms with Gasteiger partial charge in [0, 0.05) is 5.92 Å².